The minimum Gasteiger partial charge on any atom is -0.444 e. The normalized spacial score (nSPS) is 13.2. The van der Waals surface area contributed by atoms with Gasteiger partial charge in [-0.05, 0) is 58.9 Å². The van der Waals surface area contributed by atoms with Gasteiger partial charge in [0.25, 0.3) is 0 Å². The average molecular weight is 316 g/mol. The lowest BCUT2D eigenvalue weighted by Gasteiger charge is -2.20. The van der Waals surface area contributed by atoms with Crippen molar-refractivity contribution in [1.29, 1.82) is 0 Å². The van der Waals surface area contributed by atoms with Crippen molar-refractivity contribution in [3.63, 3.8) is 0 Å². The molecular weight excluding hydrogens is 280 g/mol. The van der Waals surface area contributed by atoms with E-state index in [4.69, 9.17) is 9.47 Å². The van der Waals surface area contributed by atoms with Gasteiger partial charge in [-0.2, -0.15) is 0 Å². The van der Waals surface area contributed by atoms with Crippen LogP contribution in [-0.2, 0) is 9.47 Å². The van der Waals surface area contributed by atoms with Crippen molar-refractivity contribution < 1.29 is 14.3 Å². The van der Waals surface area contributed by atoms with Gasteiger partial charge in [-0.1, -0.05) is 13.8 Å². The number of ether oxygens (including phenoxy) is 2. The third kappa shape index (κ3) is 14.1. The molecule has 0 spiro atoms. The molecule has 0 fully saturated rings. The van der Waals surface area contributed by atoms with Gasteiger partial charge in [-0.15, -0.1) is 0 Å². The molecule has 0 aromatic rings. The van der Waals surface area contributed by atoms with Gasteiger partial charge in [-0.3, -0.25) is 0 Å². The highest BCUT2D eigenvalue weighted by Gasteiger charge is 2.15. The lowest BCUT2D eigenvalue weighted by Crippen LogP contribution is -2.36. The molecule has 2 N–H and O–H groups in total. The Morgan fingerprint density at radius 3 is 2.27 bits per heavy atom. The highest BCUT2D eigenvalue weighted by Crippen LogP contribution is 2.07. The third-order valence-electron chi connectivity index (χ3n) is 3.16. The van der Waals surface area contributed by atoms with E-state index in [9.17, 15) is 4.79 Å². The zero-order valence-electron chi connectivity index (χ0n) is 15.3. The van der Waals surface area contributed by atoms with Gasteiger partial charge in [0.1, 0.15) is 5.60 Å². The number of carbonyl (C=O) groups excluding carboxylic acids is 1. The van der Waals surface area contributed by atoms with Crippen molar-refractivity contribution in [1.82, 2.24) is 10.6 Å². The molecular formula is C17H36N2O3. The fourth-order valence-corrected chi connectivity index (χ4v) is 2.12. The summed E-state index contributed by atoms with van der Waals surface area (Å²) in [5.41, 5.74) is -0.444. The van der Waals surface area contributed by atoms with Gasteiger partial charge in [0.2, 0.25) is 0 Å². The van der Waals surface area contributed by atoms with E-state index < -0.39 is 5.60 Å². The third-order valence-corrected chi connectivity index (χ3v) is 3.16. The van der Waals surface area contributed by atoms with Crippen molar-refractivity contribution in [2.75, 3.05) is 26.8 Å². The number of hydrogen-bond acceptors (Lipinski definition) is 4. The summed E-state index contributed by atoms with van der Waals surface area (Å²) < 4.78 is 10.5. The van der Waals surface area contributed by atoms with Crippen LogP contribution in [0.1, 0.15) is 60.3 Å². The maximum absolute atomic E-state index is 11.5. The number of carbonyl (C=O) groups is 1. The van der Waals surface area contributed by atoms with Crippen LogP contribution in [0.5, 0.6) is 0 Å². The summed E-state index contributed by atoms with van der Waals surface area (Å²) in [5, 5.41) is 6.32. The van der Waals surface area contributed by atoms with E-state index in [0.717, 1.165) is 25.3 Å². The number of hydrogen-bond donors (Lipinski definition) is 2. The van der Waals surface area contributed by atoms with Crippen LogP contribution in [-0.4, -0.2) is 44.5 Å². The molecule has 0 heterocycles. The summed E-state index contributed by atoms with van der Waals surface area (Å²) in [6.07, 6.45) is 3.97. The Morgan fingerprint density at radius 1 is 1.09 bits per heavy atom. The predicted octanol–water partition coefficient (Wildman–Crippen LogP) is 3.33. The first-order valence-corrected chi connectivity index (χ1v) is 8.43. The molecule has 0 aliphatic rings. The minimum absolute atomic E-state index is 0.345. The Balaban J connectivity index is 3.79. The predicted molar refractivity (Wildman–Crippen MR) is 91.2 cm³/mol. The molecule has 1 amide bonds. The second-order valence-corrected chi connectivity index (χ2v) is 7.21. The SMILES string of the molecule is COCC(CCCNC(=O)OC(C)(C)C)NCCCC(C)C. The zero-order valence-corrected chi connectivity index (χ0v) is 15.3. The molecule has 0 aliphatic carbocycles. The van der Waals surface area contributed by atoms with Crippen LogP contribution in [0.2, 0.25) is 0 Å². The molecule has 5 heteroatoms. The molecule has 0 aromatic carbocycles. The first-order chi connectivity index (χ1) is 10.2. The van der Waals surface area contributed by atoms with E-state index in [2.05, 4.69) is 24.5 Å². The van der Waals surface area contributed by atoms with Crippen LogP contribution in [0.3, 0.4) is 0 Å². The van der Waals surface area contributed by atoms with Gasteiger partial charge < -0.3 is 20.1 Å². The Morgan fingerprint density at radius 2 is 1.73 bits per heavy atom. The molecule has 0 saturated carbocycles. The van der Waals surface area contributed by atoms with Crippen LogP contribution in [0, 0.1) is 5.92 Å². The Kier molecular flexibility index (Phi) is 11.3. The molecule has 132 valence electrons. The molecule has 0 saturated heterocycles. The molecule has 0 aliphatic heterocycles. The quantitative estimate of drug-likeness (QED) is 0.574. The summed E-state index contributed by atoms with van der Waals surface area (Å²) in [4.78, 5) is 11.5. The highest BCUT2D eigenvalue weighted by molar-refractivity contribution is 5.67. The van der Waals surface area contributed by atoms with E-state index >= 15 is 0 Å². The Labute approximate surface area is 136 Å². The molecule has 0 aromatic heterocycles. The molecule has 1 atom stereocenters. The number of nitrogens with one attached hydrogen (secondary N) is 2. The monoisotopic (exact) mass is 316 g/mol. The Hall–Kier alpha value is -0.810. The van der Waals surface area contributed by atoms with Crippen molar-refractivity contribution in [3.05, 3.63) is 0 Å². The topological polar surface area (TPSA) is 59.6 Å². The van der Waals surface area contributed by atoms with Crippen molar-refractivity contribution in [2.45, 2.75) is 71.9 Å². The van der Waals surface area contributed by atoms with Crippen molar-refractivity contribution in [3.8, 4) is 0 Å². The summed E-state index contributed by atoms with van der Waals surface area (Å²) in [7, 11) is 1.72. The first-order valence-electron chi connectivity index (χ1n) is 8.43. The van der Waals surface area contributed by atoms with E-state index in [-0.39, 0.29) is 6.09 Å². The van der Waals surface area contributed by atoms with Gasteiger partial charge >= 0.3 is 6.09 Å². The molecule has 0 radical (unpaired) electrons. The number of rotatable bonds is 11. The van der Waals surface area contributed by atoms with E-state index in [1.165, 1.54) is 12.8 Å². The van der Waals surface area contributed by atoms with Crippen LogP contribution < -0.4 is 10.6 Å². The van der Waals surface area contributed by atoms with Crippen LogP contribution in [0.4, 0.5) is 4.79 Å². The second-order valence-electron chi connectivity index (χ2n) is 7.21. The molecule has 5 nitrogen and oxygen atoms in total. The van der Waals surface area contributed by atoms with Crippen molar-refractivity contribution in [2.24, 2.45) is 5.92 Å². The lowest BCUT2D eigenvalue weighted by molar-refractivity contribution is 0.0526. The minimum atomic E-state index is -0.444. The number of methoxy groups -OCH3 is 1. The summed E-state index contributed by atoms with van der Waals surface area (Å²) in [5.74, 6) is 0.751. The first kappa shape index (κ1) is 21.2. The molecule has 1 unspecified atom stereocenters. The Bertz CT molecular complexity index is 288. The summed E-state index contributed by atoms with van der Waals surface area (Å²) in [6, 6.07) is 0.345. The van der Waals surface area contributed by atoms with E-state index in [1.807, 2.05) is 20.8 Å². The van der Waals surface area contributed by atoms with Crippen molar-refractivity contribution >= 4 is 6.09 Å². The van der Waals surface area contributed by atoms with Gasteiger partial charge in [0.15, 0.2) is 0 Å². The van der Waals surface area contributed by atoms with Gasteiger partial charge in [0, 0.05) is 19.7 Å². The lowest BCUT2D eigenvalue weighted by atomic mass is 10.1. The van der Waals surface area contributed by atoms with E-state index in [0.29, 0.717) is 19.2 Å². The van der Waals surface area contributed by atoms with E-state index in [1.54, 1.807) is 7.11 Å². The van der Waals surface area contributed by atoms with Crippen LogP contribution >= 0.6 is 0 Å². The van der Waals surface area contributed by atoms with Gasteiger partial charge in [0.05, 0.1) is 6.61 Å². The number of alkyl carbamates (subject to hydrolysis) is 1. The largest absolute Gasteiger partial charge is 0.444 e. The fourth-order valence-electron chi connectivity index (χ4n) is 2.12. The number of amides is 1. The molecule has 0 bridgehead atoms. The van der Waals surface area contributed by atoms with Crippen LogP contribution in [0.15, 0.2) is 0 Å². The smallest absolute Gasteiger partial charge is 0.407 e. The average Bonchev–Trinajstić information content (AvgIpc) is 2.37. The van der Waals surface area contributed by atoms with Crippen LogP contribution in [0.25, 0.3) is 0 Å². The maximum Gasteiger partial charge on any atom is 0.407 e. The maximum atomic E-state index is 11.5. The summed E-state index contributed by atoms with van der Waals surface area (Å²) >= 11 is 0. The fraction of sp³-hybridized carbons (Fsp3) is 0.941. The molecule has 0 rings (SSSR count). The molecule has 22 heavy (non-hydrogen) atoms. The standard InChI is InChI=1S/C17H36N2O3/c1-14(2)9-7-11-18-15(13-21-6)10-8-12-19-16(20)22-17(3,4)5/h14-15,18H,7-13H2,1-6H3,(H,19,20). The zero-order chi connectivity index (χ0) is 17.0. The summed E-state index contributed by atoms with van der Waals surface area (Å²) in [6.45, 7) is 12.4. The second kappa shape index (κ2) is 11.7. The van der Waals surface area contributed by atoms with Gasteiger partial charge in [-0.25, -0.2) is 4.79 Å². The highest BCUT2D eigenvalue weighted by atomic mass is 16.6.